The van der Waals surface area contributed by atoms with Crippen molar-refractivity contribution in [2.75, 3.05) is 10.0 Å². The van der Waals surface area contributed by atoms with Gasteiger partial charge in [-0.05, 0) is 54.6 Å². The molecule has 2 amide bonds. The molecular formula is C31H22N4O4. The summed E-state index contributed by atoms with van der Waals surface area (Å²) in [4.78, 5) is 41.3. The van der Waals surface area contributed by atoms with Crippen LogP contribution in [0.15, 0.2) is 132 Å². The number of benzene rings is 4. The maximum absolute atomic E-state index is 13.8. The molecule has 0 aliphatic carbocycles. The molecule has 8 heteroatoms. The first-order chi connectivity index (χ1) is 19.1. The summed E-state index contributed by atoms with van der Waals surface area (Å²) in [7, 11) is 0. The van der Waals surface area contributed by atoms with E-state index < -0.39 is 23.3 Å². The second-order valence-corrected chi connectivity index (χ2v) is 8.80. The zero-order valence-corrected chi connectivity index (χ0v) is 20.6. The molecule has 1 aliphatic heterocycles. The monoisotopic (exact) mass is 514 g/mol. The Kier molecular flexibility index (Phi) is 5.89. The van der Waals surface area contributed by atoms with Crippen molar-refractivity contribution in [1.82, 2.24) is 9.36 Å². The van der Waals surface area contributed by atoms with E-state index in [-0.39, 0.29) is 11.1 Å². The van der Waals surface area contributed by atoms with Crippen LogP contribution in [0.25, 0.3) is 17.5 Å². The molecule has 1 fully saturated rings. The fourth-order valence-corrected chi connectivity index (χ4v) is 4.62. The first-order valence-electron chi connectivity index (χ1n) is 12.2. The number of aromatic hydroxyl groups is 1. The van der Waals surface area contributed by atoms with Gasteiger partial charge in [0.1, 0.15) is 11.1 Å². The highest BCUT2D eigenvalue weighted by Crippen LogP contribution is 2.33. The quantitative estimate of drug-likeness (QED) is 0.272. The maximum Gasteiger partial charge on any atom is 0.283 e. The maximum atomic E-state index is 13.8. The van der Waals surface area contributed by atoms with Crippen LogP contribution in [0.3, 0.4) is 0 Å². The normalized spacial score (nSPS) is 13.3. The van der Waals surface area contributed by atoms with Gasteiger partial charge < -0.3 is 5.11 Å². The van der Waals surface area contributed by atoms with E-state index in [9.17, 15) is 19.5 Å². The summed E-state index contributed by atoms with van der Waals surface area (Å²) in [5.74, 6) is -1.63. The summed E-state index contributed by atoms with van der Waals surface area (Å²) in [5.41, 5.74) is 0.989. The largest absolute Gasteiger partial charge is 0.493 e. The van der Waals surface area contributed by atoms with Gasteiger partial charge in [-0.25, -0.2) is 19.4 Å². The predicted molar refractivity (Wildman–Crippen MR) is 149 cm³/mol. The molecule has 6 rings (SSSR count). The van der Waals surface area contributed by atoms with Crippen LogP contribution in [0.2, 0.25) is 0 Å². The number of amides is 2. The molecule has 39 heavy (non-hydrogen) atoms. The van der Waals surface area contributed by atoms with Gasteiger partial charge in [0.05, 0.1) is 22.7 Å². The number of hydrazine groups is 1. The van der Waals surface area contributed by atoms with Crippen molar-refractivity contribution >= 4 is 29.3 Å². The van der Waals surface area contributed by atoms with E-state index in [2.05, 4.69) is 0 Å². The molecule has 2 heterocycles. The van der Waals surface area contributed by atoms with Crippen LogP contribution in [0.4, 0.5) is 11.4 Å². The summed E-state index contributed by atoms with van der Waals surface area (Å²) >= 11 is 0. The number of carbonyl (C=O) groups is 2. The van der Waals surface area contributed by atoms with E-state index in [4.69, 9.17) is 0 Å². The zero-order valence-electron chi connectivity index (χ0n) is 20.6. The van der Waals surface area contributed by atoms with Crippen molar-refractivity contribution in [2.24, 2.45) is 0 Å². The Bertz CT molecular complexity index is 1700. The Morgan fingerprint density at radius 3 is 1.26 bits per heavy atom. The topological polar surface area (TPSA) is 87.8 Å². The summed E-state index contributed by atoms with van der Waals surface area (Å²) in [5, 5.41) is 13.9. The Morgan fingerprint density at radius 1 is 0.487 bits per heavy atom. The lowest BCUT2D eigenvalue weighted by Crippen LogP contribution is -2.41. The lowest BCUT2D eigenvalue weighted by Gasteiger charge is -2.27. The van der Waals surface area contributed by atoms with Gasteiger partial charge in [-0.2, -0.15) is 0 Å². The van der Waals surface area contributed by atoms with Gasteiger partial charge in [0, 0.05) is 0 Å². The number of hydrogen-bond donors (Lipinski definition) is 1. The van der Waals surface area contributed by atoms with Crippen molar-refractivity contribution in [3.63, 3.8) is 0 Å². The van der Waals surface area contributed by atoms with Crippen LogP contribution in [0, 0.1) is 0 Å². The number of aromatic nitrogens is 2. The van der Waals surface area contributed by atoms with E-state index in [1.807, 2.05) is 24.3 Å². The summed E-state index contributed by atoms with van der Waals surface area (Å²) in [6, 6.07) is 35.3. The standard InChI is InChI=1S/C31H22N4O4/c36-28-26(29(37)33(23-15-7-2-8-16-23)32(28)22-13-5-1-6-14-22)21-27-30(38)34(24-17-9-3-10-18-24)35(31(27)39)25-19-11-4-12-20-25/h1-21,36H. The summed E-state index contributed by atoms with van der Waals surface area (Å²) in [6.07, 6.45) is 1.18. The van der Waals surface area contributed by atoms with Crippen molar-refractivity contribution in [3.05, 3.63) is 143 Å². The molecule has 0 bridgehead atoms. The van der Waals surface area contributed by atoms with Crippen molar-refractivity contribution < 1.29 is 14.7 Å². The molecule has 190 valence electrons. The highest BCUT2D eigenvalue weighted by Gasteiger charge is 2.43. The van der Waals surface area contributed by atoms with Gasteiger partial charge in [-0.15, -0.1) is 0 Å². The van der Waals surface area contributed by atoms with Crippen molar-refractivity contribution in [1.29, 1.82) is 0 Å². The molecule has 1 aromatic heterocycles. The number of hydrogen-bond acceptors (Lipinski definition) is 4. The number of nitrogens with zero attached hydrogens (tertiary/aromatic N) is 4. The molecule has 1 N–H and O–H groups in total. The fourth-order valence-electron chi connectivity index (χ4n) is 4.62. The number of para-hydroxylation sites is 4. The van der Waals surface area contributed by atoms with Crippen LogP contribution >= 0.6 is 0 Å². The molecule has 4 aromatic carbocycles. The lowest BCUT2D eigenvalue weighted by atomic mass is 10.1. The number of anilines is 2. The Balaban J connectivity index is 1.56. The second kappa shape index (κ2) is 9.68. The highest BCUT2D eigenvalue weighted by atomic mass is 16.3. The Hall–Kier alpha value is -5.63. The van der Waals surface area contributed by atoms with Crippen LogP contribution < -0.4 is 15.6 Å². The van der Waals surface area contributed by atoms with Crippen LogP contribution in [0.5, 0.6) is 5.88 Å². The van der Waals surface area contributed by atoms with E-state index in [1.165, 1.54) is 25.5 Å². The molecule has 8 nitrogen and oxygen atoms in total. The van der Waals surface area contributed by atoms with Gasteiger partial charge in [0.25, 0.3) is 17.4 Å². The Morgan fingerprint density at radius 2 is 0.846 bits per heavy atom. The molecule has 0 unspecified atom stereocenters. The summed E-state index contributed by atoms with van der Waals surface area (Å²) in [6.45, 7) is 0. The highest BCUT2D eigenvalue weighted by molar-refractivity contribution is 6.38. The van der Waals surface area contributed by atoms with Crippen LogP contribution in [-0.4, -0.2) is 26.3 Å². The molecule has 5 aromatic rings. The molecule has 0 spiro atoms. The minimum Gasteiger partial charge on any atom is -0.493 e. The predicted octanol–water partition coefficient (Wildman–Crippen LogP) is 4.71. The van der Waals surface area contributed by atoms with Crippen LogP contribution in [-0.2, 0) is 9.59 Å². The smallest absolute Gasteiger partial charge is 0.283 e. The van der Waals surface area contributed by atoms with Gasteiger partial charge in [0.2, 0.25) is 5.88 Å². The minimum atomic E-state index is -0.618. The molecular weight excluding hydrogens is 492 g/mol. The average Bonchev–Trinajstić information content (AvgIpc) is 3.39. The lowest BCUT2D eigenvalue weighted by molar-refractivity contribution is -0.116. The van der Waals surface area contributed by atoms with Crippen molar-refractivity contribution in [3.8, 4) is 17.3 Å². The molecule has 1 saturated heterocycles. The van der Waals surface area contributed by atoms with Gasteiger partial charge >= 0.3 is 0 Å². The van der Waals surface area contributed by atoms with Gasteiger partial charge in [0.15, 0.2) is 0 Å². The van der Waals surface area contributed by atoms with E-state index >= 15 is 0 Å². The van der Waals surface area contributed by atoms with E-state index in [0.717, 1.165) is 0 Å². The Labute approximate surface area is 223 Å². The first kappa shape index (κ1) is 23.7. The third kappa shape index (κ3) is 4.00. The van der Waals surface area contributed by atoms with Crippen LogP contribution in [0.1, 0.15) is 5.56 Å². The second-order valence-electron chi connectivity index (χ2n) is 8.80. The molecule has 0 atom stereocenters. The minimum absolute atomic E-state index is 0.178. The zero-order chi connectivity index (χ0) is 26.9. The molecule has 0 saturated carbocycles. The van der Waals surface area contributed by atoms with Gasteiger partial charge in [-0.1, -0.05) is 72.8 Å². The molecule has 0 radical (unpaired) electrons. The number of carbonyl (C=O) groups excluding carboxylic acids is 2. The number of rotatable bonds is 5. The average molecular weight is 515 g/mol. The molecule has 1 aliphatic rings. The third-order valence-electron chi connectivity index (χ3n) is 6.40. The third-order valence-corrected chi connectivity index (χ3v) is 6.40. The van der Waals surface area contributed by atoms with Gasteiger partial charge in [-0.3, -0.25) is 14.4 Å². The van der Waals surface area contributed by atoms with E-state index in [1.54, 1.807) is 97.1 Å². The van der Waals surface area contributed by atoms with E-state index in [0.29, 0.717) is 22.7 Å². The fraction of sp³-hybridized carbons (Fsp3) is 0. The SMILES string of the molecule is O=C1C(=Cc2c(O)n(-c3ccccc3)n(-c3ccccc3)c2=O)C(=O)N(c2ccccc2)N1c1ccccc1. The van der Waals surface area contributed by atoms with Crippen molar-refractivity contribution in [2.45, 2.75) is 0 Å². The summed E-state index contributed by atoms with van der Waals surface area (Å²) < 4.78 is 2.67. The first-order valence-corrected chi connectivity index (χ1v) is 12.2.